The lowest BCUT2D eigenvalue weighted by Gasteiger charge is -2.22. The van der Waals surface area contributed by atoms with Crippen LogP contribution in [0.25, 0.3) is 0 Å². The summed E-state index contributed by atoms with van der Waals surface area (Å²) in [7, 11) is 4.68. The first-order chi connectivity index (χ1) is 12.5. The van der Waals surface area contributed by atoms with Crippen molar-refractivity contribution < 1.29 is 23.4 Å². The summed E-state index contributed by atoms with van der Waals surface area (Å²) >= 11 is 0. The first-order valence-corrected chi connectivity index (χ1v) is 8.22. The zero-order valence-electron chi connectivity index (χ0n) is 15.5. The number of hydrogen-bond acceptors (Lipinski definition) is 6. The molecule has 0 saturated heterocycles. The fourth-order valence-corrected chi connectivity index (χ4v) is 3.09. The lowest BCUT2D eigenvalue weighted by atomic mass is 10.00. The molecule has 138 valence electrons. The van der Waals surface area contributed by atoms with Gasteiger partial charge in [0, 0.05) is 13.3 Å². The molecule has 7 heteroatoms. The fourth-order valence-electron chi connectivity index (χ4n) is 3.09. The van der Waals surface area contributed by atoms with Crippen molar-refractivity contribution in [2.45, 2.75) is 26.3 Å². The molecule has 0 radical (unpaired) electrons. The average molecular weight is 358 g/mol. The Hall–Kier alpha value is -2.96. The molecule has 1 unspecified atom stereocenters. The molecular formula is C19H22N2O5. The van der Waals surface area contributed by atoms with Crippen LogP contribution in [0.5, 0.6) is 17.2 Å². The number of ether oxygens (including phenoxy) is 3. The minimum absolute atomic E-state index is 0.151. The third kappa shape index (κ3) is 3.12. The molecular weight excluding hydrogens is 336 g/mol. The molecule has 1 aliphatic rings. The van der Waals surface area contributed by atoms with E-state index in [0.717, 1.165) is 17.0 Å². The van der Waals surface area contributed by atoms with Gasteiger partial charge in [0.15, 0.2) is 11.5 Å². The maximum atomic E-state index is 12.1. The normalized spacial score (nSPS) is 16.4. The number of nitrogens with zero attached hydrogens (tertiary/aromatic N) is 2. The van der Waals surface area contributed by atoms with E-state index in [0.29, 0.717) is 29.4 Å². The molecule has 0 saturated carbocycles. The number of hydrazone groups is 1. The van der Waals surface area contributed by atoms with Crippen LogP contribution in [0.4, 0.5) is 0 Å². The second kappa shape index (κ2) is 7.11. The fraction of sp³-hybridized carbons (Fsp3) is 0.368. The Kier molecular flexibility index (Phi) is 4.88. The number of carbonyl (C=O) groups excluding carboxylic acids is 1. The number of carbonyl (C=O) groups is 1. The number of rotatable bonds is 5. The molecule has 3 rings (SSSR count). The van der Waals surface area contributed by atoms with Crippen LogP contribution in [-0.2, 0) is 4.79 Å². The molecule has 2 aromatic rings. The van der Waals surface area contributed by atoms with E-state index in [4.69, 9.17) is 18.6 Å². The summed E-state index contributed by atoms with van der Waals surface area (Å²) in [6.07, 6.45) is 0.533. The molecule has 1 atom stereocenters. The van der Waals surface area contributed by atoms with Crippen LogP contribution in [0.1, 0.15) is 36.5 Å². The Morgan fingerprint density at radius 1 is 1.15 bits per heavy atom. The second-order valence-corrected chi connectivity index (χ2v) is 6.00. The highest BCUT2D eigenvalue weighted by Gasteiger charge is 2.34. The highest BCUT2D eigenvalue weighted by molar-refractivity contribution is 6.01. The van der Waals surface area contributed by atoms with Gasteiger partial charge in [0.2, 0.25) is 11.7 Å². The predicted molar refractivity (Wildman–Crippen MR) is 96.0 cm³/mol. The monoisotopic (exact) mass is 358 g/mol. The summed E-state index contributed by atoms with van der Waals surface area (Å²) in [5, 5.41) is 5.94. The highest BCUT2D eigenvalue weighted by Crippen LogP contribution is 2.43. The average Bonchev–Trinajstić information content (AvgIpc) is 3.26. The van der Waals surface area contributed by atoms with Gasteiger partial charge in [-0.3, -0.25) is 4.79 Å². The maximum absolute atomic E-state index is 12.1. The minimum Gasteiger partial charge on any atom is -0.493 e. The van der Waals surface area contributed by atoms with Crippen LogP contribution in [-0.4, -0.2) is 38.0 Å². The Morgan fingerprint density at radius 2 is 1.81 bits per heavy atom. The minimum atomic E-state index is -0.276. The third-order valence-corrected chi connectivity index (χ3v) is 4.33. The third-order valence-electron chi connectivity index (χ3n) is 4.33. The molecule has 0 bridgehead atoms. The van der Waals surface area contributed by atoms with Gasteiger partial charge in [-0.2, -0.15) is 5.10 Å². The molecule has 0 N–H and O–H groups in total. The van der Waals surface area contributed by atoms with Gasteiger partial charge in [-0.15, -0.1) is 0 Å². The van der Waals surface area contributed by atoms with Crippen LogP contribution in [0, 0.1) is 6.92 Å². The molecule has 1 aromatic heterocycles. The van der Waals surface area contributed by atoms with E-state index in [2.05, 4.69) is 5.10 Å². The molecule has 26 heavy (non-hydrogen) atoms. The van der Waals surface area contributed by atoms with Crippen LogP contribution in [0.15, 0.2) is 33.8 Å². The van der Waals surface area contributed by atoms with Crippen LogP contribution >= 0.6 is 0 Å². The zero-order chi connectivity index (χ0) is 18.8. The standard InChI is InChI=1S/C19H22N2O5/c1-11-6-7-16(26-11)14-10-15(21(20-14)12(2)22)13-8-17(23-3)19(25-5)18(9-13)24-4/h6-9,15H,10H2,1-5H3. The molecule has 1 amide bonds. The quantitative estimate of drug-likeness (QED) is 0.820. The lowest BCUT2D eigenvalue weighted by Crippen LogP contribution is -2.24. The van der Waals surface area contributed by atoms with Crippen molar-refractivity contribution >= 4 is 11.6 Å². The van der Waals surface area contributed by atoms with Crippen molar-refractivity contribution in [2.24, 2.45) is 5.10 Å². The van der Waals surface area contributed by atoms with Crippen LogP contribution in [0.3, 0.4) is 0 Å². The summed E-state index contributed by atoms with van der Waals surface area (Å²) in [5.74, 6) is 2.90. The molecule has 7 nitrogen and oxygen atoms in total. The first kappa shape index (κ1) is 17.8. The number of furan rings is 1. The van der Waals surface area contributed by atoms with Crippen LogP contribution in [0.2, 0.25) is 0 Å². The summed E-state index contributed by atoms with van der Waals surface area (Å²) in [6, 6.07) is 7.15. The number of benzene rings is 1. The number of aryl methyl sites for hydroxylation is 1. The summed E-state index contributed by atoms with van der Waals surface area (Å²) < 4.78 is 21.9. The summed E-state index contributed by atoms with van der Waals surface area (Å²) in [5.41, 5.74) is 1.57. The largest absolute Gasteiger partial charge is 0.493 e. The van der Waals surface area contributed by atoms with Crippen molar-refractivity contribution in [3.05, 3.63) is 41.3 Å². The van der Waals surface area contributed by atoms with E-state index in [-0.39, 0.29) is 11.9 Å². The van der Waals surface area contributed by atoms with Crippen molar-refractivity contribution in [1.29, 1.82) is 0 Å². The second-order valence-electron chi connectivity index (χ2n) is 6.00. The van der Waals surface area contributed by atoms with Crippen molar-refractivity contribution in [3.63, 3.8) is 0 Å². The van der Waals surface area contributed by atoms with Gasteiger partial charge >= 0.3 is 0 Å². The van der Waals surface area contributed by atoms with Gasteiger partial charge in [-0.05, 0) is 36.8 Å². The van der Waals surface area contributed by atoms with E-state index < -0.39 is 0 Å². The van der Waals surface area contributed by atoms with E-state index in [1.807, 2.05) is 31.2 Å². The summed E-state index contributed by atoms with van der Waals surface area (Å²) in [6.45, 7) is 3.36. The van der Waals surface area contributed by atoms with Gasteiger partial charge in [0.25, 0.3) is 0 Å². The van der Waals surface area contributed by atoms with E-state index in [1.54, 1.807) is 21.3 Å². The first-order valence-electron chi connectivity index (χ1n) is 8.22. The van der Waals surface area contributed by atoms with Gasteiger partial charge in [-0.1, -0.05) is 0 Å². The molecule has 2 heterocycles. The van der Waals surface area contributed by atoms with E-state index in [9.17, 15) is 4.79 Å². The van der Waals surface area contributed by atoms with Crippen molar-refractivity contribution in [3.8, 4) is 17.2 Å². The van der Waals surface area contributed by atoms with Gasteiger partial charge < -0.3 is 18.6 Å². The summed E-state index contributed by atoms with van der Waals surface area (Å²) in [4.78, 5) is 12.1. The van der Waals surface area contributed by atoms with E-state index in [1.165, 1.54) is 11.9 Å². The molecule has 1 aromatic carbocycles. The predicted octanol–water partition coefficient (Wildman–Crippen LogP) is 3.31. The number of methoxy groups -OCH3 is 3. The number of amides is 1. The maximum Gasteiger partial charge on any atom is 0.240 e. The lowest BCUT2D eigenvalue weighted by molar-refractivity contribution is -0.130. The Bertz CT molecular complexity index is 830. The highest BCUT2D eigenvalue weighted by atomic mass is 16.5. The molecule has 0 fully saturated rings. The van der Waals surface area contributed by atoms with Gasteiger partial charge in [0.05, 0.1) is 27.4 Å². The molecule has 0 aliphatic carbocycles. The van der Waals surface area contributed by atoms with Crippen molar-refractivity contribution in [2.75, 3.05) is 21.3 Å². The SMILES string of the molecule is COc1cc(C2CC(c3ccc(C)o3)=NN2C(C)=O)cc(OC)c1OC. The Balaban J connectivity index is 2.02. The van der Waals surface area contributed by atoms with Gasteiger partial charge in [0.1, 0.15) is 17.2 Å². The Morgan fingerprint density at radius 3 is 2.27 bits per heavy atom. The molecule has 1 aliphatic heterocycles. The van der Waals surface area contributed by atoms with Crippen LogP contribution < -0.4 is 14.2 Å². The van der Waals surface area contributed by atoms with E-state index >= 15 is 0 Å². The van der Waals surface area contributed by atoms with Crippen molar-refractivity contribution in [1.82, 2.24) is 5.01 Å². The smallest absolute Gasteiger partial charge is 0.240 e. The number of hydrogen-bond donors (Lipinski definition) is 0. The Labute approximate surface area is 152 Å². The molecule has 0 spiro atoms. The zero-order valence-corrected chi connectivity index (χ0v) is 15.5. The van der Waals surface area contributed by atoms with Gasteiger partial charge in [-0.25, -0.2) is 5.01 Å². The topological polar surface area (TPSA) is 73.5 Å².